The maximum Gasteiger partial charge on any atom is 0.265 e. The maximum absolute atomic E-state index is 12.2. The van der Waals surface area contributed by atoms with Crippen LogP contribution in [0.2, 0.25) is 0 Å². The Morgan fingerprint density at radius 3 is 2.50 bits per heavy atom. The Morgan fingerprint density at radius 1 is 1.32 bits per heavy atom. The molecule has 0 aliphatic carbocycles. The number of aromatic nitrogens is 2. The molecule has 0 aliphatic rings. The lowest BCUT2D eigenvalue weighted by molar-refractivity contribution is 0.0943. The molecule has 8 heteroatoms. The summed E-state index contributed by atoms with van der Waals surface area (Å²) in [5, 5.41) is 6.79. The molecule has 2 aromatic rings. The molecule has 0 bridgehead atoms. The van der Waals surface area contributed by atoms with Crippen LogP contribution in [0.5, 0.6) is 0 Å². The first-order chi connectivity index (χ1) is 10.3. The fourth-order valence-corrected chi connectivity index (χ4v) is 3.25. The van der Waals surface area contributed by atoms with Gasteiger partial charge in [-0.1, -0.05) is 23.5 Å². The summed E-state index contributed by atoms with van der Waals surface area (Å²) in [5.74, 6) is -0.216. The number of aryl methyl sites for hydroxylation is 1. The monoisotopic (exact) mass is 339 g/mol. The second-order valence-corrected chi connectivity index (χ2v) is 7.71. The predicted molar refractivity (Wildman–Crippen MR) is 84.7 cm³/mol. The van der Waals surface area contributed by atoms with Gasteiger partial charge in [-0.3, -0.25) is 4.79 Å². The Hall–Kier alpha value is -1.80. The summed E-state index contributed by atoms with van der Waals surface area (Å²) in [5.41, 5.74) is 1.51. The lowest BCUT2D eigenvalue weighted by Gasteiger charge is -2.14. The van der Waals surface area contributed by atoms with E-state index >= 15 is 0 Å². The Labute approximate surface area is 133 Å². The number of carbonyl (C=O) groups excluding carboxylic acids is 1. The van der Waals surface area contributed by atoms with E-state index in [4.69, 9.17) is 0 Å². The molecule has 0 aliphatic heterocycles. The highest BCUT2D eigenvalue weighted by atomic mass is 32.2. The number of hydrogen-bond donors (Lipinski definition) is 1. The summed E-state index contributed by atoms with van der Waals surface area (Å²) in [6.07, 6.45) is 1.81. The predicted octanol–water partition coefficient (Wildman–Crippen LogP) is 2.00. The van der Waals surface area contributed by atoms with Crippen molar-refractivity contribution in [3.63, 3.8) is 0 Å². The smallest absolute Gasteiger partial charge is 0.265 e. The van der Waals surface area contributed by atoms with Crippen molar-refractivity contribution < 1.29 is 13.2 Å². The molecular formula is C14H17N3O3S2. The van der Waals surface area contributed by atoms with Crippen molar-refractivity contribution in [2.24, 2.45) is 0 Å². The fourth-order valence-electron chi connectivity index (χ4n) is 1.96. The first-order valence-corrected chi connectivity index (χ1v) is 9.41. The van der Waals surface area contributed by atoms with Gasteiger partial charge in [0, 0.05) is 6.26 Å². The molecular weight excluding hydrogens is 322 g/mol. The molecule has 1 atom stereocenters. The highest BCUT2D eigenvalue weighted by molar-refractivity contribution is 7.90. The number of nitrogens with one attached hydrogen (secondary N) is 1. The second-order valence-electron chi connectivity index (χ2n) is 4.94. The normalized spacial score (nSPS) is 12.9. The molecule has 0 saturated heterocycles. The van der Waals surface area contributed by atoms with E-state index in [1.807, 2.05) is 13.8 Å². The summed E-state index contributed by atoms with van der Waals surface area (Å²) in [6, 6.07) is 6.24. The average molecular weight is 339 g/mol. The minimum Gasteiger partial charge on any atom is -0.345 e. The Bertz CT molecular complexity index is 767. The van der Waals surface area contributed by atoms with E-state index < -0.39 is 9.84 Å². The van der Waals surface area contributed by atoms with Crippen molar-refractivity contribution in [3.8, 4) is 0 Å². The first-order valence-electron chi connectivity index (χ1n) is 6.75. The quantitative estimate of drug-likeness (QED) is 0.900. The SMILES string of the molecule is CCc1nnsc1C(=O)NC(C)c1ccc(S(C)(=O)=O)cc1. The van der Waals surface area contributed by atoms with Gasteiger partial charge in [0.25, 0.3) is 5.91 Å². The minimum absolute atomic E-state index is 0.216. The van der Waals surface area contributed by atoms with Gasteiger partial charge in [0.2, 0.25) is 0 Å². The number of amides is 1. The van der Waals surface area contributed by atoms with E-state index in [2.05, 4.69) is 14.9 Å². The molecule has 1 N–H and O–H groups in total. The third kappa shape index (κ3) is 3.69. The van der Waals surface area contributed by atoms with Crippen LogP contribution in [0.4, 0.5) is 0 Å². The number of nitrogens with zero attached hydrogens (tertiary/aromatic N) is 2. The number of hydrogen-bond acceptors (Lipinski definition) is 6. The molecule has 2 rings (SSSR count). The Balaban J connectivity index is 2.12. The van der Waals surface area contributed by atoms with Crippen LogP contribution < -0.4 is 5.32 Å². The van der Waals surface area contributed by atoms with Crippen LogP contribution in [0, 0.1) is 0 Å². The molecule has 1 aromatic carbocycles. The molecule has 1 unspecified atom stereocenters. The number of rotatable bonds is 5. The molecule has 0 radical (unpaired) electrons. The van der Waals surface area contributed by atoms with E-state index in [0.29, 0.717) is 17.0 Å². The van der Waals surface area contributed by atoms with Gasteiger partial charge in [0.1, 0.15) is 4.88 Å². The van der Waals surface area contributed by atoms with Crippen LogP contribution >= 0.6 is 11.5 Å². The molecule has 1 aromatic heterocycles. The lowest BCUT2D eigenvalue weighted by atomic mass is 10.1. The minimum atomic E-state index is -3.22. The summed E-state index contributed by atoms with van der Waals surface area (Å²) in [6.45, 7) is 3.76. The summed E-state index contributed by atoms with van der Waals surface area (Å²) in [7, 11) is -3.22. The average Bonchev–Trinajstić information content (AvgIpc) is 2.95. The zero-order valence-electron chi connectivity index (χ0n) is 12.5. The molecule has 118 valence electrons. The van der Waals surface area contributed by atoms with Crippen LogP contribution in [-0.4, -0.2) is 30.2 Å². The topological polar surface area (TPSA) is 89.0 Å². The molecule has 22 heavy (non-hydrogen) atoms. The standard InChI is InChI=1S/C14H17N3O3S2/c1-4-12-13(21-17-16-12)14(18)15-9(2)10-5-7-11(8-6-10)22(3,19)20/h5-9H,4H2,1-3H3,(H,15,18). The van der Waals surface area contributed by atoms with Crippen LogP contribution in [0.3, 0.4) is 0 Å². The molecule has 0 spiro atoms. The zero-order chi connectivity index (χ0) is 16.3. The Morgan fingerprint density at radius 2 is 1.95 bits per heavy atom. The van der Waals surface area contributed by atoms with Crippen LogP contribution in [0.1, 0.15) is 40.8 Å². The van der Waals surface area contributed by atoms with E-state index in [-0.39, 0.29) is 16.8 Å². The third-order valence-corrected chi connectivity index (χ3v) is 5.15. The van der Waals surface area contributed by atoms with Gasteiger partial charge in [-0.05, 0) is 42.6 Å². The van der Waals surface area contributed by atoms with E-state index in [1.54, 1.807) is 24.3 Å². The maximum atomic E-state index is 12.2. The van der Waals surface area contributed by atoms with Gasteiger partial charge >= 0.3 is 0 Å². The van der Waals surface area contributed by atoms with Crippen molar-refractivity contribution >= 4 is 27.3 Å². The summed E-state index contributed by atoms with van der Waals surface area (Å²) >= 11 is 1.07. The molecule has 1 heterocycles. The molecule has 0 fully saturated rings. The van der Waals surface area contributed by atoms with Gasteiger partial charge in [0.05, 0.1) is 16.6 Å². The van der Waals surface area contributed by atoms with Gasteiger partial charge in [0.15, 0.2) is 9.84 Å². The lowest BCUT2D eigenvalue weighted by Crippen LogP contribution is -2.26. The van der Waals surface area contributed by atoms with E-state index in [9.17, 15) is 13.2 Å². The number of benzene rings is 1. The first kappa shape index (κ1) is 16.6. The van der Waals surface area contributed by atoms with Crippen LogP contribution in [0.15, 0.2) is 29.2 Å². The van der Waals surface area contributed by atoms with Crippen molar-refractivity contribution in [1.29, 1.82) is 0 Å². The molecule has 0 saturated carbocycles. The fraction of sp³-hybridized carbons (Fsp3) is 0.357. The van der Waals surface area contributed by atoms with Crippen LogP contribution in [-0.2, 0) is 16.3 Å². The number of carbonyl (C=O) groups is 1. The zero-order valence-corrected chi connectivity index (χ0v) is 14.2. The van der Waals surface area contributed by atoms with E-state index in [1.165, 1.54) is 0 Å². The summed E-state index contributed by atoms with van der Waals surface area (Å²) in [4.78, 5) is 13.0. The Kier molecular flexibility index (Phi) is 4.92. The van der Waals surface area contributed by atoms with Gasteiger partial charge in [-0.25, -0.2) is 8.42 Å². The largest absolute Gasteiger partial charge is 0.345 e. The van der Waals surface area contributed by atoms with Gasteiger partial charge < -0.3 is 5.32 Å². The molecule has 6 nitrogen and oxygen atoms in total. The van der Waals surface area contributed by atoms with E-state index in [0.717, 1.165) is 23.4 Å². The second kappa shape index (κ2) is 6.53. The van der Waals surface area contributed by atoms with Gasteiger partial charge in [-0.2, -0.15) is 0 Å². The van der Waals surface area contributed by atoms with Gasteiger partial charge in [-0.15, -0.1) is 5.10 Å². The summed E-state index contributed by atoms with van der Waals surface area (Å²) < 4.78 is 26.7. The third-order valence-electron chi connectivity index (χ3n) is 3.25. The van der Waals surface area contributed by atoms with Crippen LogP contribution in [0.25, 0.3) is 0 Å². The van der Waals surface area contributed by atoms with Crippen molar-refractivity contribution in [2.75, 3.05) is 6.26 Å². The van der Waals surface area contributed by atoms with Crippen molar-refractivity contribution in [2.45, 2.75) is 31.2 Å². The highest BCUT2D eigenvalue weighted by Gasteiger charge is 2.18. The van der Waals surface area contributed by atoms with Crippen molar-refractivity contribution in [3.05, 3.63) is 40.4 Å². The number of sulfone groups is 1. The highest BCUT2D eigenvalue weighted by Crippen LogP contribution is 2.18. The molecule has 1 amide bonds. The van der Waals surface area contributed by atoms with Crippen molar-refractivity contribution in [1.82, 2.24) is 14.9 Å².